The second-order valence-electron chi connectivity index (χ2n) is 4.83. The third kappa shape index (κ3) is 16.9. The summed E-state index contributed by atoms with van der Waals surface area (Å²) in [6.45, 7) is 0. The predicted octanol–water partition coefficient (Wildman–Crippen LogP) is -10.5. The third-order valence-corrected chi connectivity index (χ3v) is 2.51. The number of aliphatic carboxylic acids is 6. The van der Waals surface area contributed by atoms with Crippen molar-refractivity contribution in [2.75, 3.05) is 0 Å². The van der Waals surface area contributed by atoms with E-state index in [2.05, 4.69) is 0 Å². The minimum atomic E-state index is -2.97. The van der Waals surface area contributed by atoms with Crippen LogP contribution >= 0.6 is 0 Å². The Morgan fingerprint density at radius 3 is 0.690 bits per heavy atom. The van der Waals surface area contributed by atoms with E-state index in [-0.39, 0.29) is 52.1 Å². The molecular weight excluding hydrogens is 524 g/mol. The van der Waals surface area contributed by atoms with Gasteiger partial charge in [-0.3, -0.25) is 0 Å². The zero-order valence-corrected chi connectivity index (χ0v) is 17.7. The van der Waals surface area contributed by atoms with Crippen molar-refractivity contribution >= 4 is 35.8 Å². The number of aliphatic hydroxyl groups is 2. The third-order valence-electron chi connectivity index (χ3n) is 2.51. The van der Waals surface area contributed by atoms with E-state index in [0.717, 1.165) is 0 Å². The average molecular weight is 534 g/mol. The van der Waals surface area contributed by atoms with E-state index in [1.54, 1.807) is 0 Å². The van der Waals surface area contributed by atoms with Crippen LogP contribution < -0.4 is 30.6 Å². The fourth-order valence-corrected chi connectivity index (χ4v) is 1.37. The smallest absolute Gasteiger partial charge is 0.550 e. The van der Waals surface area contributed by atoms with Crippen molar-refractivity contribution in [2.45, 2.75) is 36.9 Å². The molecule has 29 heavy (non-hydrogen) atoms. The van der Waals surface area contributed by atoms with Gasteiger partial charge < -0.3 is 69.6 Å². The Labute approximate surface area is 194 Å². The summed E-state index contributed by atoms with van der Waals surface area (Å²) < 4.78 is 0. The number of carboxylic acids is 6. The molecule has 17 heteroatoms. The van der Waals surface area contributed by atoms with Gasteiger partial charge in [0.25, 0.3) is 0 Å². The molecule has 0 aromatic carbocycles. The van der Waals surface area contributed by atoms with Crippen LogP contribution in [0.2, 0.25) is 0 Å². The van der Waals surface area contributed by atoms with Crippen molar-refractivity contribution in [2.24, 2.45) is 0 Å². The van der Waals surface area contributed by atoms with Crippen molar-refractivity contribution in [1.29, 1.82) is 0 Å². The summed E-state index contributed by atoms with van der Waals surface area (Å²) in [6.07, 6.45) is -5.43. The number of hydrogen-bond donors (Lipinski definition) is 2. The molecule has 0 bridgehead atoms. The second-order valence-corrected chi connectivity index (χ2v) is 4.83. The molecule has 0 aromatic rings. The molecule has 0 aliphatic heterocycles. The van der Waals surface area contributed by atoms with Crippen LogP contribution in [0.3, 0.4) is 0 Å². The van der Waals surface area contributed by atoms with Crippen molar-refractivity contribution in [3.05, 3.63) is 0 Å². The fraction of sp³-hybridized carbons (Fsp3) is 0.500. The van der Waals surface area contributed by atoms with E-state index >= 15 is 0 Å². The van der Waals surface area contributed by atoms with Gasteiger partial charge in [0.05, 0.1) is 11.9 Å². The molecule has 0 unspecified atom stereocenters. The summed E-state index contributed by atoms with van der Waals surface area (Å²) in [6, 6.07) is 0. The molecule has 0 fully saturated rings. The minimum absolute atomic E-state index is 0. The average Bonchev–Trinajstić information content (AvgIpc) is 2.34. The van der Waals surface area contributed by atoms with Crippen LogP contribution in [0.15, 0.2) is 0 Å². The van der Waals surface area contributed by atoms with Gasteiger partial charge >= 0.3 is 52.1 Å². The number of carbonyl (C=O) groups excluding carboxylic acids is 6. The van der Waals surface area contributed by atoms with Crippen LogP contribution in [0.25, 0.3) is 0 Å². The molecule has 2 N–H and O–H groups in total. The zero-order chi connectivity index (χ0) is 21.3. The molecule has 0 atom stereocenters. The van der Waals surface area contributed by atoms with E-state index in [4.69, 9.17) is 10.2 Å². The van der Waals surface area contributed by atoms with Crippen LogP contribution in [-0.2, 0) is 80.9 Å². The van der Waals surface area contributed by atoms with Gasteiger partial charge in [-0.25, -0.2) is 0 Å². The van der Waals surface area contributed by atoms with Gasteiger partial charge in [0.2, 0.25) is 0 Å². The summed E-state index contributed by atoms with van der Waals surface area (Å²) in [5, 5.41) is 77.9. The van der Waals surface area contributed by atoms with E-state index in [0.29, 0.717) is 0 Å². The summed E-state index contributed by atoms with van der Waals surface area (Å²) in [7, 11) is 0. The normalized spacial score (nSPS) is 9.72. The maximum atomic E-state index is 10.1. The first-order valence-electron chi connectivity index (χ1n) is 6.23. The Kier molecular flexibility index (Phi) is 21.2. The van der Waals surface area contributed by atoms with Gasteiger partial charge in [-0.05, 0) is 0 Å². The molecule has 14 nitrogen and oxygen atoms in total. The van der Waals surface area contributed by atoms with Crippen molar-refractivity contribution in [3.63, 3.8) is 0 Å². The maximum Gasteiger partial charge on any atom is 2.00 e. The SMILES string of the molecule is O=C([O-])CC(O)(CC(=O)[O-])C(=O)[O-].O=C([O-])CC(O)(CC(=O)[O-])C(=O)[O-].[Cr+2].[Cr+2].[Cr+2]. The first kappa shape index (κ1) is 38.0. The molecule has 0 radical (unpaired) electrons. The summed E-state index contributed by atoms with van der Waals surface area (Å²) >= 11 is 0. The Bertz CT molecular complexity index is 521. The Balaban J connectivity index is -0.000000120. The van der Waals surface area contributed by atoms with Crippen molar-refractivity contribution in [1.82, 2.24) is 0 Å². The molecule has 0 heterocycles. The number of carboxylic acid groups (broad SMARTS) is 6. The van der Waals surface area contributed by atoms with E-state index < -0.39 is 72.7 Å². The summed E-state index contributed by atoms with van der Waals surface area (Å²) in [5.41, 5.74) is -5.95. The van der Waals surface area contributed by atoms with Crippen molar-refractivity contribution in [3.8, 4) is 0 Å². The monoisotopic (exact) mass is 534 g/mol. The molecule has 0 rings (SSSR count). The number of carbonyl (C=O) groups is 6. The van der Waals surface area contributed by atoms with Crippen LogP contribution in [0.4, 0.5) is 0 Å². The van der Waals surface area contributed by atoms with Crippen molar-refractivity contribution < 1.29 is 122 Å². The quantitative estimate of drug-likeness (QED) is 0.263. The molecular formula is C12H10Cr3O14. The van der Waals surface area contributed by atoms with Crippen LogP contribution in [0.1, 0.15) is 25.7 Å². The molecule has 0 aromatic heterocycles. The number of hydrogen-bond acceptors (Lipinski definition) is 14. The molecule has 0 saturated heterocycles. The van der Waals surface area contributed by atoms with Crippen LogP contribution in [0.5, 0.6) is 0 Å². The molecule has 0 amide bonds. The van der Waals surface area contributed by atoms with Gasteiger partial charge in [0, 0.05) is 49.6 Å². The zero-order valence-electron chi connectivity index (χ0n) is 13.8. The largest absolute Gasteiger partial charge is 2.00 e. The Morgan fingerprint density at radius 2 is 0.621 bits per heavy atom. The van der Waals surface area contributed by atoms with Crippen LogP contribution in [-0.4, -0.2) is 57.2 Å². The summed E-state index contributed by atoms with van der Waals surface area (Å²) in [4.78, 5) is 60.0. The van der Waals surface area contributed by atoms with E-state index in [1.807, 2.05) is 0 Å². The van der Waals surface area contributed by atoms with Gasteiger partial charge in [-0.2, -0.15) is 0 Å². The van der Waals surface area contributed by atoms with E-state index in [1.165, 1.54) is 0 Å². The molecule has 0 saturated carbocycles. The van der Waals surface area contributed by atoms with Gasteiger partial charge in [0.1, 0.15) is 11.2 Å². The first-order chi connectivity index (χ1) is 11.6. The van der Waals surface area contributed by atoms with Gasteiger partial charge in [-0.15, -0.1) is 0 Å². The predicted molar refractivity (Wildman–Crippen MR) is 58.4 cm³/mol. The summed E-state index contributed by atoms with van der Waals surface area (Å²) in [5.74, 6) is -12.0. The fourth-order valence-electron chi connectivity index (χ4n) is 1.37. The Morgan fingerprint density at radius 1 is 0.483 bits per heavy atom. The molecule has 0 aliphatic rings. The molecule has 0 spiro atoms. The van der Waals surface area contributed by atoms with Gasteiger partial charge in [0.15, 0.2) is 0 Å². The van der Waals surface area contributed by atoms with E-state index in [9.17, 15) is 59.4 Å². The van der Waals surface area contributed by atoms with Gasteiger partial charge in [-0.1, -0.05) is 0 Å². The standard InChI is InChI=1S/2C6H8O7.3Cr/c2*7-3(8)1-6(13,5(11)12)2-4(9)10;;;/h2*13H,1-2H2,(H,7,8)(H,9,10)(H,11,12);;;/q;;3*+2/p-6. The molecule has 0 aliphatic carbocycles. The second kappa shape index (κ2) is 16.2. The maximum absolute atomic E-state index is 10.1. The topological polar surface area (TPSA) is 281 Å². The first-order valence-corrected chi connectivity index (χ1v) is 6.23. The molecule has 160 valence electrons. The van der Waals surface area contributed by atoms with Crippen LogP contribution in [0, 0.1) is 0 Å². The Hall–Kier alpha value is -1.66. The number of rotatable bonds is 10. The minimum Gasteiger partial charge on any atom is -0.550 e.